The minimum Gasteiger partial charge on any atom is -0.494 e. The molecule has 0 bridgehead atoms. The number of fused-ring (bicyclic) bond motifs is 1. The van der Waals surface area contributed by atoms with Crippen LogP contribution in [0.15, 0.2) is 55.4 Å². The van der Waals surface area contributed by atoms with Crippen molar-refractivity contribution >= 4 is 55.8 Å². The molecule has 3 N–H and O–H groups in total. The van der Waals surface area contributed by atoms with Crippen molar-refractivity contribution in [3.05, 3.63) is 60.4 Å². The molecule has 6 rings (SSSR count). The third kappa shape index (κ3) is 8.07. The van der Waals surface area contributed by atoms with E-state index >= 15 is 0 Å². The Morgan fingerprint density at radius 1 is 1.11 bits per heavy atom. The second kappa shape index (κ2) is 14.9. The lowest BCUT2D eigenvalue weighted by molar-refractivity contribution is -0.136. The fourth-order valence-corrected chi connectivity index (χ4v) is 8.38. The van der Waals surface area contributed by atoms with Crippen LogP contribution in [0.4, 0.5) is 14.5 Å². The van der Waals surface area contributed by atoms with Gasteiger partial charge in [-0.2, -0.15) is 8.78 Å². The molecular formula is C36H41ClF2N6O8S. The van der Waals surface area contributed by atoms with E-state index in [1.165, 1.54) is 31.6 Å². The maximum atomic E-state index is 14.2. The van der Waals surface area contributed by atoms with Gasteiger partial charge in [-0.3, -0.25) is 29.3 Å². The van der Waals surface area contributed by atoms with Crippen molar-refractivity contribution in [3.8, 4) is 17.5 Å². The summed E-state index contributed by atoms with van der Waals surface area (Å²) in [7, 11) is -2.45. The number of aromatic nitrogens is 2. The largest absolute Gasteiger partial charge is 0.494 e. The van der Waals surface area contributed by atoms with Gasteiger partial charge in [0.15, 0.2) is 0 Å². The van der Waals surface area contributed by atoms with Gasteiger partial charge < -0.3 is 19.5 Å². The number of alkyl halides is 2. The Morgan fingerprint density at radius 2 is 1.85 bits per heavy atom. The van der Waals surface area contributed by atoms with Crippen molar-refractivity contribution in [1.82, 2.24) is 24.9 Å². The first-order valence-corrected chi connectivity index (χ1v) is 19.2. The normalized spacial score (nSPS) is 23.4. The fraction of sp³-hybridized carbons (Fsp3) is 0.472. The average Bonchev–Trinajstić information content (AvgIpc) is 4.03. The highest BCUT2D eigenvalue weighted by Crippen LogP contribution is 2.53. The molecule has 2 aliphatic carbocycles. The molecule has 5 atom stereocenters. The molecule has 0 radical (unpaired) electrons. The molecule has 3 aromatic rings. The lowest BCUT2D eigenvalue weighted by Crippen LogP contribution is -2.59. The maximum Gasteiger partial charge on any atom is 0.388 e. The molecule has 0 unspecified atom stereocenters. The van der Waals surface area contributed by atoms with Crippen LogP contribution < -0.4 is 29.6 Å². The number of hydrogen-bond donors (Lipinski definition) is 3. The van der Waals surface area contributed by atoms with Gasteiger partial charge in [-0.05, 0) is 48.9 Å². The van der Waals surface area contributed by atoms with Gasteiger partial charge in [-0.25, -0.2) is 18.4 Å². The van der Waals surface area contributed by atoms with Gasteiger partial charge in [0.2, 0.25) is 33.6 Å². The minimum absolute atomic E-state index is 0.00766. The summed E-state index contributed by atoms with van der Waals surface area (Å²) < 4.78 is 69.6. The van der Waals surface area contributed by atoms with Gasteiger partial charge in [0.05, 0.1) is 36.5 Å². The standard InChI is InChI=1S/C36H41ClF2N6O8S/c1-6-19-15-36(19,33(48)44-54(49,50)23-9-10-23)45-18-22(52-32-25-13-20(37)7-11-24(25)27(51-5)17-41-32)14-26(45)30(46)43-31(47)29(35(2,3)4)42-21-8-12-28(40-16-21)53-34(38)39/h6-8,11-13,16-17,19,22-23,26,29,34,42H,1,9-10,14-15,18H2,2-5H3,(H,44,48)(H,43,46,47)/t19-,22-,26+,29+,36-/m1/s1. The van der Waals surface area contributed by atoms with Crippen molar-refractivity contribution < 1.29 is 45.8 Å². The molecule has 54 heavy (non-hydrogen) atoms. The number of halogens is 3. The monoisotopic (exact) mass is 790 g/mol. The summed E-state index contributed by atoms with van der Waals surface area (Å²) in [6.07, 6.45) is 4.54. The third-order valence-electron chi connectivity index (χ3n) is 9.84. The number of benzene rings is 1. The number of carbonyl (C=O) groups excluding carboxylic acids is 3. The summed E-state index contributed by atoms with van der Waals surface area (Å²) >= 11 is 6.33. The van der Waals surface area contributed by atoms with Crippen molar-refractivity contribution in [2.75, 3.05) is 19.0 Å². The third-order valence-corrected chi connectivity index (χ3v) is 11.9. The van der Waals surface area contributed by atoms with Crippen LogP contribution >= 0.6 is 11.6 Å². The van der Waals surface area contributed by atoms with E-state index in [0.717, 1.165) is 0 Å². The number of anilines is 1. The quantitative estimate of drug-likeness (QED) is 0.196. The number of sulfonamides is 1. The molecule has 2 saturated carbocycles. The van der Waals surface area contributed by atoms with E-state index in [0.29, 0.717) is 40.1 Å². The number of imide groups is 1. The first-order chi connectivity index (χ1) is 25.5. The molecule has 290 valence electrons. The Bertz CT molecular complexity index is 2060. The summed E-state index contributed by atoms with van der Waals surface area (Å²) in [5, 5.41) is 6.47. The molecule has 3 amide bonds. The molecule has 3 heterocycles. The molecule has 1 aromatic carbocycles. The van der Waals surface area contributed by atoms with E-state index in [2.05, 4.69) is 36.6 Å². The Hall–Kier alpha value is -4.61. The maximum absolute atomic E-state index is 14.2. The summed E-state index contributed by atoms with van der Waals surface area (Å²) in [5.74, 6) is -2.41. The van der Waals surface area contributed by atoms with Crippen molar-refractivity contribution in [2.45, 2.75) is 82.0 Å². The van der Waals surface area contributed by atoms with E-state index < -0.39 is 74.7 Å². The highest BCUT2D eigenvalue weighted by molar-refractivity contribution is 7.91. The summed E-state index contributed by atoms with van der Waals surface area (Å²) in [5.41, 5.74) is -1.95. The number of ether oxygens (including phenoxy) is 3. The van der Waals surface area contributed by atoms with Gasteiger partial charge in [0.25, 0.3) is 5.91 Å². The molecule has 2 aromatic heterocycles. The van der Waals surface area contributed by atoms with E-state index in [4.69, 9.17) is 21.1 Å². The predicted molar refractivity (Wildman–Crippen MR) is 195 cm³/mol. The number of rotatable bonds is 14. The number of nitrogens with zero attached hydrogens (tertiary/aromatic N) is 3. The van der Waals surface area contributed by atoms with Crippen LogP contribution in [0, 0.1) is 11.3 Å². The zero-order chi connectivity index (χ0) is 39.2. The molecule has 3 fully saturated rings. The minimum atomic E-state index is -3.95. The van der Waals surface area contributed by atoms with Crippen LogP contribution in [-0.4, -0.2) is 90.2 Å². The molecule has 1 aliphatic heterocycles. The molecule has 3 aliphatic rings. The summed E-state index contributed by atoms with van der Waals surface area (Å²) in [4.78, 5) is 52.0. The van der Waals surface area contributed by atoms with Crippen molar-refractivity contribution in [2.24, 2.45) is 11.3 Å². The van der Waals surface area contributed by atoms with Gasteiger partial charge in [-0.1, -0.05) is 38.4 Å². The molecule has 18 heteroatoms. The van der Waals surface area contributed by atoms with Gasteiger partial charge in [0.1, 0.15) is 23.4 Å². The Balaban J connectivity index is 1.29. The lowest BCUT2D eigenvalue weighted by atomic mass is 9.86. The fourth-order valence-electron chi connectivity index (χ4n) is 6.85. The van der Waals surface area contributed by atoms with Crippen LogP contribution in [0.5, 0.6) is 17.5 Å². The zero-order valence-corrected chi connectivity index (χ0v) is 31.5. The van der Waals surface area contributed by atoms with Crippen LogP contribution in [0.1, 0.15) is 46.5 Å². The van der Waals surface area contributed by atoms with E-state index in [1.54, 1.807) is 49.9 Å². The Kier molecular flexibility index (Phi) is 10.8. The average molecular weight is 791 g/mol. The van der Waals surface area contributed by atoms with Crippen molar-refractivity contribution in [1.29, 1.82) is 0 Å². The number of nitrogens with one attached hydrogen (secondary N) is 3. The first-order valence-electron chi connectivity index (χ1n) is 17.2. The lowest BCUT2D eigenvalue weighted by Gasteiger charge is -2.34. The van der Waals surface area contributed by atoms with Crippen LogP contribution in [0.3, 0.4) is 0 Å². The van der Waals surface area contributed by atoms with Gasteiger partial charge in [-0.15, -0.1) is 6.58 Å². The molecule has 1 saturated heterocycles. The first kappa shape index (κ1) is 39.1. The number of pyridine rings is 2. The Labute approximate surface area is 316 Å². The topological polar surface area (TPSA) is 178 Å². The highest BCUT2D eigenvalue weighted by atomic mass is 35.5. The van der Waals surface area contributed by atoms with Crippen molar-refractivity contribution in [3.63, 3.8) is 0 Å². The number of carbonyl (C=O) groups is 3. The Morgan fingerprint density at radius 3 is 2.44 bits per heavy atom. The van der Waals surface area contributed by atoms with E-state index in [-0.39, 0.29) is 31.1 Å². The van der Waals surface area contributed by atoms with E-state index in [1.807, 2.05) is 0 Å². The predicted octanol–water partition coefficient (Wildman–Crippen LogP) is 4.44. The zero-order valence-electron chi connectivity index (χ0n) is 30.0. The van der Waals surface area contributed by atoms with E-state index in [9.17, 15) is 31.6 Å². The van der Waals surface area contributed by atoms with Gasteiger partial charge >= 0.3 is 6.61 Å². The van der Waals surface area contributed by atoms with Crippen LogP contribution in [0.2, 0.25) is 5.02 Å². The molecule has 14 nitrogen and oxygen atoms in total. The highest BCUT2D eigenvalue weighted by Gasteiger charge is 2.67. The number of methoxy groups -OCH3 is 1. The van der Waals surface area contributed by atoms with Crippen LogP contribution in [0.25, 0.3) is 10.8 Å². The number of amides is 3. The van der Waals surface area contributed by atoms with Crippen LogP contribution in [-0.2, 0) is 24.4 Å². The summed E-state index contributed by atoms with van der Waals surface area (Å²) in [6.45, 7) is 6.07. The summed E-state index contributed by atoms with van der Waals surface area (Å²) in [6, 6.07) is 5.56. The molecular weight excluding hydrogens is 750 g/mol. The van der Waals surface area contributed by atoms with Gasteiger partial charge in [0, 0.05) is 40.7 Å². The molecule has 0 spiro atoms. The smallest absolute Gasteiger partial charge is 0.388 e. The SMILES string of the molecule is C=C[C@@H]1C[C@@]1(C(=O)NS(=O)(=O)C1CC1)N1C[C@H](Oc2ncc(OC)c3ccc(Cl)cc23)C[C@H]1C(=O)NC(=O)[C@H](Nc1ccc(OC(F)F)nc1)C(C)(C)C. The second-order valence-corrected chi connectivity index (χ2v) is 17.1. The second-order valence-electron chi connectivity index (χ2n) is 14.7. The number of likely N-dealkylation sites (tertiary alicyclic amines) is 1. The number of hydrogen-bond acceptors (Lipinski definition) is 12.